The zero-order valence-corrected chi connectivity index (χ0v) is 17.7. The molecule has 0 atom stereocenters. The second kappa shape index (κ2) is 9.55. The van der Waals surface area contributed by atoms with Gasteiger partial charge in [0.2, 0.25) is 15.9 Å². The summed E-state index contributed by atoms with van der Waals surface area (Å²) in [5.41, 5.74) is 9.24. The minimum atomic E-state index is -3.83. The third-order valence-corrected chi connectivity index (χ3v) is 5.80. The average molecular weight is 437 g/mol. The fourth-order valence-electron chi connectivity index (χ4n) is 3.20. The average Bonchev–Trinajstić information content (AvgIpc) is 2.76. The number of hydrogen-bond acceptors (Lipinski definition) is 4. The van der Waals surface area contributed by atoms with Gasteiger partial charge in [-0.2, -0.15) is 0 Å². The number of carbonyl (C=O) groups excluding carboxylic acids is 1. The molecule has 31 heavy (non-hydrogen) atoms. The van der Waals surface area contributed by atoms with Gasteiger partial charge in [-0.05, 0) is 35.2 Å². The third kappa shape index (κ3) is 6.00. The van der Waals surface area contributed by atoms with E-state index in [2.05, 4.69) is 5.32 Å². The summed E-state index contributed by atoms with van der Waals surface area (Å²) in [7, 11) is -3.83. The standard InChI is InChI=1S/C23H24N4O3S/c24-23(25)19-5-3-4-16(14-19)10-13-22(28)27-15-17-8-11-18(12-9-17)20-6-1-2-7-21(20)31(26,29)30/h1-9,11-12,14H,10,13,15H2,(H3,24,25)(H,27,28)(H2,26,29,30). The number of amidine groups is 1. The number of rotatable bonds is 8. The molecule has 0 radical (unpaired) electrons. The lowest BCUT2D eigenvalue weighted by Gasteiger charge is -2.10. The van der Waals surface area contributed by atoms with E-state index in [9.17, 15) is 13.2 Å². The predicted molar refractivity (Wildman–Crippen MR) is 121 cm³/mol. The molecule has 0 heterocycles. The Kier molecular flexibility index (Phi) is 6.84. The zero-order valence-electron chi connectivity index (χ0n) is 16.8. The number of aryl methyl sites for hydroxylation is 1. The van der Waals surface area contributed by atoms with E-state index in [-0.39, 0.29) is 16.6 Å². The van der Waals surface area contributed by atoms with Gasteiger partial charge in [-0.3, -0.25) is 10.2 Å². The largest absolute Gasteiger partial charge is 0.384 e. The van der Waals surface area contributed by atoms with E-state index in [1.54, 1.807) is 36.4 Å². The molecule has 6 N–H and O–H groups in total. The second-order valence-electron chi connectivity index (χ2n) is 7.13. The van der Waals surface area contributed by atoms with Gasteiger partial charge < -0.3 is 11.1 Å². The summed E-state index contributed by atoms with van der Waals surface area (Å²) in [5, 5.41) is 15.7. The first-order valence-corrected chi connectivity index (χ1v) is 11.2. The lowest BCUT2D eigenvalue weighted by molar-refractivity contribution is -0.121. The molecule has 7 nitrogen and oxygen atoms in total. The van der Waals surface area contributed by atoms with Crippen LogP contribution in [0.5, 0.6) is 0 Å². The maximum Gasteiger partial charge on any atom is 0.238 e. The van der Waals surface area contributed by atoms with Crippen LogP contribution in [0.4, 0.5) is 0 Å². The van der Waals surface area contributed by atoms with Crippen molar-refractivity contribution in [3.8, 4) is 11.1 Å². The highest BCUT2D eigenvalue weighted by molar-refractivity contribution is 7.89. The molecule has 0 fully saturated rings. The van der Waals surface area contributed by atoms with E-state index in [1.165, 1.54) is 6.07 Å². The number of primary sulfonamides is 1. The summed E-state index contributed by atoms with van der Waals surface area (Å²) in [6.45, 7) is 0.365. The van der Waals surface area contributed by atoms with Crippen LogP contribution in [0.2, 0.25) is 0 Å². The van der Waals surface area contributed by atoms with E-state index >= 15 is 0 Å². The van der Waals surface area contributed by atoms with E-state index in [4.69, 9.17) is 16.3 Å². The smallest absolute Gasteiger partial charge is 0.238 e. The van der Waals surface area contributed by atoms with Crippen LogP contribution in [0, 0.1) is 5.41 Å². The normalized spacial score (nSPS) is 11.1. The number of nitrogens with two attached hydrogens (primary N) is 2. The molecule has 3 rings (SSSR count). The minimum Gasteiger partial charge on any atom is -0.384 e. The number of nitrogen functional groups attached to an aromatic ring is 1. The minimum absolute atomic E-state index is 0.00133. The van der Waals surface area contributed by atoms with Gasteiger partial charge in [0.15, 0.2) is 0 Å². The number of carbonyl (C=O) groups is 1. The summed E-state index contributed by atoms with van der Waals surface area (Å²) in [4.78, 5) is 12.3. The Labute approximate surface area is 181 Å². The van der Waals surface area contributed by atoms with Crippen molar-refractivity contribution in [3.63, 3.8) is 0 Å². The van der Waals surface area contributed by atoms with Crippen LogP contribution in [-0.4, -0.2) is 20.2 Å². The number of hydrogen-bond donors (Lipinski definition) is 4. The van der Waals surface area contributed by atoms with Crippen molar-refractivity contribution in [2.24, 2.45) is 10.9 Å². The van der Waals surface area contributed by atoms with Crippen LogP contribution in [0.1, 0.15) is 23.1 Å². The zero-order chi connectivity index (χ0) is 22.4. The predicted octanol–water partition coefficient (Wildman–Crippen LogP) is 2.53. The van der Waals surface area contributed by atoms with Crippen molar-refractivity contribution < 1.29 is 13.2 Å². The Morgan fingerprint density at radius 3 is 2.32 bits per heavy atom. The Bertz CT molecular complexity index is 1210. The van der Waals surface area contributed by atoms with E-state index in [1.807, 2.05) is 30.3 Å². The first kappa shape index (κ1) is 22.2. The molecule has 0 unspecified atom stereocenters. The molecule has 1 amide bonds. The van der Waals surface area contributed by atoms with Crippen molar-refractivity contribution in [1.82, 2.24) is 5.32 Å². The van der Waals surface area contributed by atoms with E-state index in [0.717, 1.165) is 16.7 Å². The third-order valence-electron chi connectivity index (χ3n) is 4.83. The van der Waals surface area contributed by atoms with Gasteiger partial charge in [-0.25, -0.2) is 13.6 Å². The molecule has 0 bridgehead atoms. The van der Waals surface area contributed by atoms with Crippen molar-refractivity contribution in [3.05, 3.63) is 89.5 Å². The molecule has 0 aromatic heterocycles. The summed E-state index contributed by atoms with van der Waals surface area (Å²) < 4.78 is 23.6. The maximum atomic E-state index is 12.2. The Morgan fingerprint density at radius 2 is 1.65 bits per heavy atom. The van der Waals surface area contributed by atoms with Crippen LogP contribution in [0.25, 0.3) is 11.1 Å². The maximum absolute atomic E-state index is 12.2. The van der Waals surface area contributed by atoms with Crippen molar-refractivity contribution >= 4 is 21.8 Å². The van der Waals surface area contributed by atoms with Crippen LogP contribution in [-0.2, 0) is 27.8 Å². The molecular formula is C23H24N4O3S. The molecule has 0 saturated carbocycles. The van der Waals surface area contributed by atoms with Gasteiger partial charge in [-0.15, -0.1) is 0 Å². The van der Waals surface area contributed by atoms with Gasteiger partial charge in [0.05, 0.1) is 4.90 Å². The highest BCUT2D eigenvalue weighted by atomic mass is 32.2. The first-order chi connectivity index (χ1) is 14.7. The highest BCUT2D eigenvalue weighted by Gasteiger charge is 2.14. The Hall–Kier alpha value is -3.49. The first-order valence-electron chi connectivity index (χ1n) is 9.65. The highest BCUT2D eigenvalue weighted by Crippen LogP contribution is 2.26. The quantitative estimate of drug-likeness (QED) is 0.318. The van der Waals surface area contributed by atoms with Crippen molar-refractivity contribution in [1.29, 1.82) is 5.41 Å². The van der Waals surface area contributed by atoms with Gasteiger partial charge in [0, 0.05) is 24.1 Å². The number of nitrogens with one attached hydrogen (secondary N) is 2. The Morgan fingerprint density at radius 1 is 0.935 bits per heavy atom. The fourth-order valence-corrected chi connectivity index (χ4v) is 3.96. The summed E-state index contributed by atoms with van der Waals surface area (Å²) in [6, 6.07) is 21.1. The van der Waals surface area contributed by atoms with Crippen LogP contribution >= 0.6 is 0 Å². The number of sulfonamides is 1. The van der Waals surface area contributed by atoms with Crippen LogP contribution in [0.15, 0.2) is 77.7 Å². The van der Waals surface area contributed by atoms with E-state index < -0.39 is 10.0 Å². The molecule has 8 heteroatoms. The van der Waals surface area contributed by atoms with Gasteiger partial charge in [0.1, 0.15) is 5.84 Å². The molecule has 0 aliphatic carbocycles. The summed E-state index contributed by atoms with van der Waals surface area (Å²) in [5.74, 6) is -0.0849. The van der Waals surface area contributed by atoms with Crippen LogP contribution in [0.3, 0.4) is 0 Å². The summed E-state index contributed by atoms with van der Waals surface area (Å²) in [6.07, 6.45) is 0.872. The topological polar surface area (TPSA) is 139 Å². The molecular weight excluding hydrogens is 412 g/mol. The van der Waals surface area contributed by atoms with Crippen LogP contribution < -0.4 is 16.2 Å². The molecule has 0 aliphatic rings. The molecule has 160 valence electrons. The van der Waals surface area contributed by atoms with E-state index in [0.29, 0.717) is 30.5 Å². The van der Waals surface area contributed by atoms with Crippen molar-refractivity contribution in [2.75, 3.05) is 0 Å². The number of benzene rings is 3. The monoisotopic (exact) mass is 436 g/mol. The fraction of sp³-hybridized carbons (Fsp3) is 0.130. The lowest BCUT2D eigenvalue weighted by Crippen LogP contribution is -2.23. The summed E-state index contributed by atoms with van der Waals surface area (Å²) >= 11 is 0. The van der Waals surface area contributed by atoms with Crippen molar-refractivity contribution in [2.45, 2.75) is 24.3 Å². The van der Waals surface area contributed by atoms with Gasteiger partial charge in [-0.1, -0.05) is 60.7 Å². The van der Waals surface area contributed by atoms with Gasteiger partial charge >= 0.3 is 0 Å². The molecule has 3 aromatic carbocycles. The second-order valence-corrected chi connectivity index (χ2v) is 8.66. The van der Waals surface area contributed by atoms with Gasteiger partial charge in [0.25, 0.3) is 0 Å². The SMILES string of the molecule is N=C(N)c1cccc(CCC(=O)NCc2ccc(-c3ccccc3S(N)(=O)=O)cc2)c1. The Balaban J connectivity index is 1.58. The molecule has 0 spiro atoms. The molecule has 3 aromatic rings. The lowest BCUT2D eigenvalue weighted by atomic mass is 10.0. The number of amides is 1. The molecule has 0 aliphatic heterocycles. The molecule has 0 saturated heterocycles.